The first kappa shape index (κ1) is 26.2. The second-order valence-electron chi connectivity index (χ2n) is 9.20. The number of sulfonamides is 1. The fourth-order valence-electron chi connectivity index (χ4n) is 4.86. The molecule has 2 aliphatic rings. The molecule has 11 heteroatoms. The molecule has 36 heavy (non-hydrogen) atoms. The van der Waals surface area contributed by atoms with Gasteiger partial charge in [0.05, 0.1) is 6.61 Å². The molecule has 10 nitrogen and oxygen atoms in total. The van der Waals surface area contributed by atoms with Gasteiger partial charge < -0.3 is 14.5 Å². The molecule has 2 fully saturated rings. The number of carbonyl (C=O) groups is 1. The van der Waals surface area contributed by atoms with Crippen LogP contribution in [-0.4, -0.2) is 79.4 Å². The zero-order valence-corrected chi connectivity index (χ0v) is 21.5. The van der Waals surface area contributed by atoms with Crippen molar-refractivity contribution in [1.82, 2.24) is 14.8 Å². The summed E-state index contributed by atoms with van der Waals surface area (Å²) in [5.41, 5.74) is 2.63. The second kappa shape index (κ2) is 11.4. The van der Waals surface area contributed by atoms with E-state index in [4.69, 9.17) is 4.74 Å². The second-order valence-corrected chi connectivity index (χ2v) is 11.4. The van der Waals surface area contributed by atoms with Gasteiger partial charge in [0.1, 0.15) is 11.6 Å². The van der Waals surface area contributed by atoms with Gasteiger partial charge in [-0.05, 0) is 55.7 Å². The monoisotopic (exact) mass is 517 g/mol. The van der Waals surface area contributed by atoms with Gasteiger partial charge in [0.25, 0.3) is 5.91 Å². The molecule has 2 saturated heterocycles. The zero-order chi connectivity index (χ0) is 25.6. The Balaban J connectivity index is 1.42. The summed E-state index contributed by atoms with van der Waals surface area (Å²) in [5, 5.41) is 9.45. The number of piperidine rings is 1. The molecule has 2 aromatic rings. The minimum absolute atomic E-state index is 0.0675. The van der Waals surface area contributed by atoms with Crippen molar-refractivity contribution in [3.63, 3.8) is 0 Å². The average Bonchev–Trinajstić information content (AvgIpc) is 2.93. The first-order valence-corrected chi connectivity index (χ1v) is 13.9. The van der Waals surface area contributed by atoms with E-state index in [1.165, 1.54) is 4.31 Å². The lowest BCUT2D eigenvalue weighted by Gasteiger charge is -2.44. The molecule has 2 aliphatic heterocycles. The molecule has 1 aromatic carbocycles. The normalized spacial score (nSPS) is 18.6. The molecule has 1 aromatic heterocycles. The van der Waals surface area contributed by atoms with Gasteiger partial charge in [-0.1, -0.05) is 19.4 Å². The van der Waals surface area contributed by atoms with E-state index in [-0.39, 0.29) is 25.9 Å². The van der Waals surface area contributed by atoms with Crippen LogP contribution in [0.1, 0.15) is 32.6 Å². The van der Waals surface area contributed by atoms with E-state index < -0.39 is 20.7 Å². The molecular weight excluding hydrogens is 482 g/mol. The molecule has 0 bridgehead atoms. The minimum Gasteiger partial charge on any atom is -0.494 e. The standard InChI is InChI=1S/C25H35N5O5S/c1-2-3-20-35-22-9-7-21(8-10-22)28-16-18-30(19-17-28)36(33,34)25(24(31)27-32)11-14-29(15-12-25)23-6-4-5-13-26-23/h4-10,13,32H,2-3,11-12,14-20H2,1H3,(H,27,31). The van der Waals surface area contributed by atoms with Crippen molar-refractivity contribution in [1.29, 1.82) is 0 Å². The summed E-state index contributed by atoms with van der Waals surface area (Å²) in [4.78, 5) is 21.2. The van der Waals surface area contributed by atoms with Crippen LogP contribution in [0.5, 0.6) is 5.75 Å². The van der Waals surface area contributed by atoms with Gasteiger partial charge in [-0.2, -0.15) is 4.31 Å². The molecule has 0 radical (unpaired) electrons. The molecule has 196 valence electrons. The zero-order valence-electron chi connectivity index (χ0n) is 20.7. The Morgan fingerprint density at radius 2 is 1.72 bits per heavy atom. The first-order valence-electron chi connectivity index (χ1n) is 12.5. The van der Waals surface area contributed by atoms with Gasteiger partial charge in [0.15, 0.2) is 4.75 Å². The number of nitrogens with one attached hydrogen (secondary N) is 1. The van der Waals surface area contributed by atoms with Crippen molar-refractivity contribution in [3.05, 3.63) is 48.7 Å². The molecule has 0 atom stereocenters. The van der Waals surface area contributed by atoms with E-state index in [0.29, 0.717) is 32.8 Å². The molecule has 0 spiro atoms. The number of nitrogens with zero attached hydrogens (tertiary/aromatic N) is 4. The number of piperazine rings is 1. The van der Waals surface area contributed by atoms with Crippen LogP contribution in [0.3, 0.4) is 0 Å². The van der Waals surface area contributed by atoms with Crippen LogP contribution < -0.4 is 20.0 Å². The first-order chi connectivity index (χ1) is 17.4. The van der Waals surface area contributed by atoms with E-state index in [0.717, 1.165) is 30.1 Å². The van der Waals surface area contributed by atoms with Crippen molar-refractivity contribution in [2.24, 2.45) is 0 Å². The van der Waals surface area contributed by atoms with Crippen molar-refractivity contribution in [2.45, 2.75) is 37.4 Å². The Kier molecular flexibility index (Phi) is 8.32. The van der Waals surface area contributed by atoms with Crippen molar-refractivity contribution < 1.29 is 23.2 Å². The van der Waals surface area contributed by atoms with Crippen LogP contribution in [0.25, 0.3) is 0 Å². The van der Waals surface area contributed by atoms with E-state index in [2.05, 4.69) is 16.8 Å². The number of aromatic nitrogens is 1. The Hall–Kier alpha value is -2.89. The molecule has 3 heterocycles. The number of pyridine rings is 1. The maximum absolute atomic E-state index is 13.8. The van der Waals surface area contributed by atoms with Crippen LogP contribution in [0.2, 0.25) is 0 Å². The maximum atomic E-state index is 13.8. The summed E-state index contributed by atoms with van der Waals surface area (Å²) in [6, 6.07) is 13.4. The fourth-order valence-corrected chi connectivity index (χ4v) is 6.98. The smallest absolute Gasteiger partial charge is 0.266 e. The fraction of sp³-hybridized carbons (Fsp3) is 0.520. The number of ether oxygens (including phenoxy) is 1. The molecule has 0 unspecified atom stereocenters. The lowest BCUT2D eigenvalue weighted by Crippen LogP contribution is -2.63. The van der Waals surface area contributed by atoms with Crippen LogP contribution >= 0.6 is 0 Å². The molecule has 4 rings (SSSR count). The maximum Gasteiger partial charge on any atom is 0.266 e. The number of hydroxylamine groups is 1. The number of anilines is 2. The van der Waals surface area contributed by atoms with Crippen molar-refractivity contribution in [3.8, 4) is 5.75 Å². The Labute approximate surface area is 212 Å². The summed E-state index contributed by atoms with van der Waals surface area (Å²) in [7, 11) is -4.02. The number of carbonyl (C=O) groups excluding carboxylic acids is 1. The lowest BCUT2D eigenvalue weighted by atomic mass is 9.95. The highest BCUT2D eigenvalue weighted by Crippen LogP contribution is 2.35. The third-order valence-electron chi connectivity index (χ3n) is 7.10. The molecule has 2 N–H and O–H groups in total. The van der Waals surface area contributed by atoms with Gasteiger partial charge in [0, 0.05) is 51.2 Å². The Morgan fingerprint density at radius 3 is 2.31 bits per heavy atom. The van der Waals surface area contributed by atoms with Crippen LogP contribution in [0.4, 0.5) is 11.5 Å². The topological polar surface area (TPSA) is 115 Å². The Morgan fingerprint density at radius 1 is 1.03 bits per heavy atom. The summed E-state index contributed by atoms with van der Waals surface area (Å²) < 4.78 is 33.0. The highest BCUT2D eigenvalue weighted by molar-refractivity contribution is 7.91. The molecular formula is C25H35N5O5S. The summed E-state index contributed by atoms with van der Waals surface area (Å²) in [6.07, 6.45) is 3.90. The largest absolute Gasteiger partial charge is 0.494 e. The van der Waals surface area contributed by atoms with Gasteiger partial charge in [0.2, 0.25) is 10.0 Å². The summed E-state index contributed by atoms with van der Waals surface area (Å²) >= 11 is 0. The van der Waals surface area contributed by atoms with E-state index in [9.17, 15) is 18.4 Å². The predicted octanol–water partition coefficient (Wildman–Crippen LogP) is 2.26. The van der Waals surface area contributed by atoms with Gasteiger partial charge in [-0.25, -0.2) is 18.9 Å². The number of rotatable bonds is 9. The van der Waals surface area contributed by atoms with E-state index in [1.54, 1.807) is 11.7 Å². The van der Waals surface area contributed by atoms with Crippen molar-refractivity contribution >= 4 is 27.4 Å². The quantitative estimate of drug-likeness (QED) is 0.296. The third kappa shape index (κ3) is 5.28. The molecule has 0 saturated carbocycles. The number of unbranched alkanes of at least 4 members (excludes halogenated alkanes) is 1. The van der Waals surface area contributed by atoms with Gasteiger partial charge in [-0.3, -0.25) is 10.0 Å². The number of amides is 1. The predicted molar refractivity (Wildman–Crippen MR) is 138 cm³/mol. The third-order valence-corrected chi connectivity index (χ3v) is 9.73. The lowest BCUT2D eigenvalue weighted by molar-refractivity contribution is -0.132. The summed E-state index contributed by atoms with van der Waals surface area (Å²) in [5.74, 6) is 0.690. The van der Waals surface area contributed by atoms with Crippen molar-refractivity contribution in [2.75, 3.05) is 55.7 Å². The van der Waals surface area contributed by atoms with Crippen LogP contribution in [0.15, 0.2) is 48.7 Å². The highest BCUT2D eigenvalue weighted by Gasteiger charge is 2.55. The number of hydrogen-bond acceptors (Lipinski definition) is 8. The van der Waals surface area contributed by atoms with E-state index >= 15 is 0 Å². The minimum atomic E-state index is -4.02. The van der Waals surface area contributed by atoms with Crippen LogP contribution in [-0.2, 0) is 14.8 Å². The Bertz CT molecular complexity index is 1100. The van der Waals surface area contributed by atoms with Gasteiger partial charge >= 0.3 is 0 Å². The molecule has 0 aliphatic carbocycles. The van der Waals surface area contributed by atoms with Crippen LogP contribution in [0, 0.1) is 0 Å². The van der Waals surface area contributed by atoms with E-state index in [1.807, 2.05) is 47.4 Å². The number of benzene rings is 1. The SMILES string of the molecule is CCCCOc1ccc(N2CCN(S(=O)(=O)C3(C(=O)NO)CCN(c4ccccn4)CC3)CC2)cc1. The summed E-state index contributed by atoms with van der Waals surface area (Å²) in [6.45, 7) is 5.04. The average molecular weight is 518 g/mol. The highest BCUT2D eigenvalue weighted by atomic mass is 32.2. The van der Waals surface area contributed by atoms with Gasteiger partial charge in [-0.15, -0.1) is 0 Å². The molecule has 1 amide bonds. The number of hydrogen-bond donors (Lipinski definition) is 2.